The molecule has 0 saturated carbocycles. The van der Waals surface area contributed by atoms with E-state index in [-0.39, 0.29) is 18.0 Å². The molecule has 0 bridgehead atoms. The highest BCUT2D eigenvalue weighted by Crippen LogP contribution is 2.17. The summed E-state index contributed by atoms with van der Waals surface area (Å²) in [6.07, 6.45) is 0. The molecule has 2 rings (SSSR count). The summed E-state index contributed by atoms with van der Waals surface area (Å²) in [5.74, 6) is -0.928. The topological polar surface area (TPSA) is 50.2 Å². The van der Waals surface area contributed by atoms with E-state index in [0.717, 1.165) is 16.5 Å². The average molecular weight is 238 g/mol. The van der Waals surface area contributed by atoms with Gasteiger partial charge in [0.2, 0.25) is 0 Å². The van der Waals surface area contributed by atoms with Gasteiger partial charge in [-0.05, 0) is 31.5 Å². The van der Waals surface area contributed by atoms with E-state index < -0.39 is 5.97 Å². The Morgan fingerprint density at radius 3 is 2.56 bits per heavy atom. The van der Waals surface area contributed by atoms with E-state index in [1.165, 1.54) is 0 Å². The van der Waals surface area contributed by atoms with Crippen LogP contribution in [-0.4, -0.2) is 16.1 Å². The van der Waals surface area contributed by atoms with Crippen LogP contribution in [0.5, 0.6) is 0 Å². The van der Waals surface area contributed by atoms with E-state index in [9.17, 15) is 4.79 Å². The zero-order valence-corrected chi connectivity index (χ0v) is 9.84. The lowest BCUT2D eigenvalue weighted by molar-refractivity contribution is 0.0696. The molecule has 0 spiro atoms. The molecule has 2 aromatic rings. The smallest absolute Gasteiger partial charge is 0.337 e. The minimum absolute atomic E-state index is 0. The first-order valence-electron chi connectivity index (χ1n) is 4.69. The standard InChI is InChI=1S/C12H11NO2.ClH/c1-7-3-4-9-6-10(12(14)15)8(2)13-11(9)5-7;/h3-6H,1-2H3,(H,14,15);1H. The summed E-state index contributed by atoms with van der Waals surface area (Å²) in [7, 11) is 0. The van der Waals surface area contributed by atoms with Crippen molar-refractivity contribution in [1.29, 1.82) is 0 Å². The fraction of sp³-hybridized carbons (Fsp3) is 0.167. The van der Waals surface area contributed by atoms with E-state index in [4.69, 9.17) is 5.11 Å². The molecular formula is C12H12ClNO2. The third-order valence-electron chi connectivity index (χ3n) is 2.39. The Balaban J connectivity index is 0.00000128. The van der Waals surface area contributed by atoms with Crippen LogP contribution in [-0.2, 0) is 0 Å². The third-order valence-corrected chi connectivity index (χ3v) is 2.39. The molecule has 0 fully saturated rings. The summed E-state index contributed by atoms with van der Waals surface area (Å²) >= 11 is 0. The fourth-order valence-electron chi connectivity index (χ4n) is 1.59. The maximum Gasteiger partial charge on any atom is 0.337 e. The first-order valence-corrected chi connectivity index (χ1v) is 4.69. The highest BCUT2D eigenvalue weighted by molar-refractivity contribution is 5.94. The number of halogens is 1. The molecule has 0 aliphatic heterocycles. The summed E-state index contributed by atoms with van der Waals surface area (Å²) in [5.41, 5.74) is 2.79. The normalized spacial score (nSPS) is 9.88. The molecule has 0 radical (unpaired) electrons. The molecule has 0 amide bonds. The van der Waals surface area contributed by atoms with Gasteiger partial charge in [0.15, 0.2) is 0 Å². The molecule has 16 heavy (non-hydrogen) atoms. The summed E-state index contributed by atoms with van der Waals surface area (Å²) < 4.78 is 0. The van der Waals surface area contributed by atoms with E-state index in [2.05, 4.69) is 4.98 Å². The van der Waals surface area contributed by atoms with Crippen LogP contribution in [0.4, 0.5) is 0 Å². The van der Waals surface area contributed by atoms with Crippen molar-refractivity contribution in [3.63, 3.8) is 0 Å². The molecule has 3 nitrogen and oxygen atoms in total. The second kappa shape index (κ2) is 4.49. The molecule has 0 saturated heterocycles. The van der Waals surface area contributed by atoms with Crippen molar-refractivity contribution in [1.82, 2.24) is 4.98 Å². The van der Waals surface area contributed by atoms with Crippen LogP contribution in [0, 0.1) is 13.8 Å². The zero-order valence-electron chi connectivity index (χ0n) is 9.02. The Morgan fingerprint density at radius 1 is 1.25 bits per heavy atom. The van der Waals surface area contributed by atoms with Gasteiger partial charge in [0.25, 0.3) is 0 Å². The summed E-state index contributed by atoms with van der Waals surface area (Å²) in [6, 6.07) is 7.46. The zero-order chi connectivity index (χ0) is 11.0. The van der Waals surface area contributed by atoms with Crippen molar-refractivity contribution in [2.45, 2.75) is 13.8 Å². The van der Waals surface area contributed by atoms with Gasteiger partial charge in [0, 0.05) is 5.39 Å². The molecule has 1 aromatic carbocycles. The number of aromatic carboxylic acids is 1. The molecule has 0 aliphatic rings. The van der Waals surface area contributed by atoms with Crippen molar-refractivity contribution < 1.29 is 9.90 Å². The van der Waals surface area contributed by atoms with Gasteiger partial charge in [-0.25, -0.2) is 4.79 Å². The van der Waals surface area contributed by atoms with Gasteiger partial charge >= 0.3 is 5.97 Å². The van der Waals surface area contributed by atoms with Crippen LogP contribution in [0.1, 0.15) is 21.6 Å². The number of carboxylic acids is 1. The number of carbonyl (C=O) groups is 1. The minimum Gasteiger partial charge on any atom is -0.478 e. The monoisotopic (exact) mass is 237 g/mol. The first kappa shape index (κ1) is 12.5. The molecule has 0 aliphatic carbocycles. The predicted molar refractivity (Wildman–Crippen MR) is 65.4 cm³/mol. The number of hydrogen-bond donors (Lipinski definition) is 1. The van der Waals surface area contributed by atoms with Gasteiger partial charge < -0.3 is 5.11 Å². The maximum atomic E-state index is 10.9. The number of benzene rings is 1. The predicted octanol–water partition coefficient (Wildman–Crippen LogP) is 2.97. The van der Waals surface area contributed by atoms with Gasteiger partial charge in [-0.1, -0.05) is 12.1 Å². The van der Waals surface area contributed by atoms with E-state index in [1.54, 1.807) is 13.0 Å². The van der Waals surface area contributed by atoms with Crippen molar-refractivity contribution in [2.75, 3.05) is 0 Å². The van der Waals surface area contributed by atoms with E-state index in [1.807, 2.05) is 25.1 Å². The van der Waals surface area contributed by atoms with Crippen LogP contribution in [0.2, 0.25) is 0 Å². The van der Waals surface area contributed by atoms with Crippen LogP contribution in [0.25, 0.3) is 10.9 Å². The summed E-state index contributed by atoms with van der Waals surface area (Å²) in [5, 5.41) is 9.80. The second-order valence-corrected chi connectivity index (χ2v) is 3.62. The molecule has 1 aromatic heterocycles. The molecular weight excluding hydrogens is 226 g/mol. The second-order valence-electron chi connectivity index (χ2n) is 3.62. The fourth-order valence-corrected chi connectivity index (χ4v) is 1.59. The van der Waals surface area contributed by atoms with Crippen LogP contribution < -0.4 is 0 Å². The molecule has 0 atom stereocenters. The van der Waals surface area contributed by atoms with Gasteiger partial charge in [-0.15, -0.1) is 12.4 Å². The number of carboxylic acid groups (broad SMARTS) is 1. The highest BCUT2D eigenvalue weighted by atomic mass is 35.5. The Kier molecular flexibility index (Phi) is 3.50. The quantitative estimate of drug-likeness (QED) is 0.830. The van der Waals surface area contributed by atoms with Crippen molar-refractivity contribution in [2.24, 2.45) is 0 Å². The number of fused-ring (bicyclic) bond motifs is 1. The largest absolute Gasteiger partial charge is 0.478 e. The Bertz CT molecular complexity index is 552. The van der Waals surface area contributed by atoms with Gasteiger partial charge in [-0.3, -0.25) is 4.98 Å². The molecule has 0 unspecified atom stereocenters. The van der Waals surface area contributed by atoms with Crippen LogP contribution in [0.3, 0.4) is 0 Å². The van der Waals surface area contributed by atoms with E-state index >= 15 is 0 Å². The molecule has 4 heteroatoms. The Hall–Kier alpha value is -1.61. The van der Waals surface area contributed by atoms with Crippen molar-refractivity contribution in [3.05, 3.63) is 41.1 Å². The Morgan fingerprint density at radius 2 is 1.94 bits per heavy atom. The van der Waals surface area contributed by atoms with Gasteiger partial charge in [0.05, 0.1) is 16.8 Å². The first-order chi connectivity index (χ1) is 7.08. The van der Waals surface area contributed by atoms with Crippen molar-refractivity contribution in [3.8, 4) is 0 Å². The maximum absolute atomic E-state index is 10.9. The van der Waals surface area contributed by atoms with Gasteiger partial charge in [0.1, 0.15) is 0 Å². The number of pyridine rings is 1. The van der Waals surface area contributed by atoms with E-state index in [0.29, 0.717) is 5.69 Å². The molecule has 1 heterocycles. The SMILES string of the molecule is Cc1ccc2cc(C(=O)O)c(C)nc2c1.Cl. The number of nitrogens with zero attached hydrogens (tertiary/aromatic N) is 1. The number of aryl methyl sites for hydroxylation is 2. The minimum atomic E-state index is -0.928. The third kappa shape index (κ3) is 2.14. The Labute approximate surface area is 99.5 Å². The number of aromatic nitrogens is 1. The lowest BCUT2D eigenvalue weighted by Gasteiger charge is -2.04. The molecule has 1 N–H and O–H groups in total. The lowest BCUT2D eigenvalue weighted by Crippen LogP contribution is -2.01. The van der Waals surface area contributed by atoms with Gasteiger partial charge in [-0.2, -0.15) is 0 Å². The van der Waals surface area contributed by atoms with Crippen LogP contribution >= 0.6 is 12.4 Å². The summed E-state index contributed by atoms with van der Waals surface area (Å²) in [6.45, 7) is 3.70. The lowest BCUT2D eigenvalue weighted by atomic mass is 10.1. The average Bonchev–Trinajstić information content (AvgIpc) is 2.15. The highest BCUT2D eigenvalue weighted by Gasteiger charge is 2.09. The summed E-state index contributed by atoms with van der Waals surface area (Å²) in [4.78, 5) is 15.2. The van der Waals surface area contributed by atoms with Crippen LogP contribution in [0.15, 0.2) is 24.3 Å². The number of rotatable bonds is 1. The number of hydrogen-bond acceptors (Lipinski definition) is 2. The van der Waals surface area contributed by atoms with Crippen molar-refractivity contribution >= 4 is 29.3 Å². The molecule has 84 valence electrons.